The molecule has 2 aromatic heterocycles. The Balaban J connectivity index is 2.53. The minimum Gasteiger partial charge on any atom is -0.280 e. The van der Waals surface area contributed by atoms with Crippen molar-refractivity contribution in [2.24, 2.45) is 0 Å². The molecule has 2 heterocycles. The second-order valence-corrected chi connectivity index (χ2v) is 4.44. The van der Waals surface area contributed by atoms with Gasteiger partial charge >= 0.3 is 0 Å². The van der Waals surface area contributed by atoms with Crippen molar-refractivity contribution in [1.82, 2.24) is 15.2 Å². The Hall–Kier alpha value is -1.61. The number of halogens is 1. The van der Waals surface area contributed by atoms with Crippen molar-refractivity contribution in [1.29, 1.82) is 0 Å². The molecular formula is C12H10ClN3. The number of aromatic nitrogens is 3. The Bertz CT molecular complexity index is 700. The van der Waals surface area contributed by atoms with Crippen LogP contribution in [-0.2, 0) is 0 Å². The van der Waals surface area contributed by atoms with Gasteiger partial charge in [-0.25, -0.2) is 4.98 Å². The van der Waals surface area contributed by atoms with E-state index in [0.29, 0.717) is 0 Å². The quantitative estimate of drug-likeness (QED) is 0.645. The highest BCUT2D eigenvalue weighted by molar-refractivity contribution is 6.31. The fourth-order valence-corrected chi connectivity index (χ4v) is 2.25. The van der Waals surface area contributed by atoms with Gasteiger partial charge < -0.3 is 0 Å². The maximum absolute atomic E-state index is 6.04. The smallest absolute Gasteiger partial charge is 0.181 e. The number of hydrogen-bond acceptors (Lipinski definition) is 2. The zero-order valence-corrected chi connectivity index (χ0v) is 9.76. The van der Waals surface area contributed by atoms with Gasteiger partial charge in [-0.3, -0.25) is 5.10 Å². The third-order valence-electron chi connectivity index (χ3n) is 2.79. The molecule has 0 aliphatic carbocycles. The van der Waals surface area contributed by atoms with Gasteiger partial charge in [0, 0.05) is 21.5 Å². The van der Waals surface area contributed by atoms with E-state index < -0.39 is 0 Å². The van der Waals surface area contributed by atoms with Crippen LogP contribution in [0.25, 0.3) is 21.9 Å². The number of pyridine rings is 1. The molecule has 0 atom stereocenters. The average Bonchev–Trinajstić information content (AvgIpc) is 2.58. The SMILES string of the molecule is Cc1[nH]nc2nc3c(C)cc(Cl)cc3cc12. The topological polar surface area (TPSA) is 41.6 Å². The van der Waals surface area contributed by atoms with Crippen LogP contribution in [0.2, 0.25) is 5.02 Å². The number of H-pyrrole nitrogens is 1. The van der Waals surface area contributed by atoms with Gasteiger partial charge in [-0.1, -0.05) is 11.6 Å². The van der Waals surface area contributed by atoms with Crippen molar-refractivity contribution in [3.05, 3.63) is 34.5 Å². The monoisotopic (exact) mass is 231 g/mol. The Morgan fingerprint density at radius 1 is 1.19 bits per heavy atom. The van der Waals surface area contributed by atoms with Gasteiger partial charge in [0.1, 0.15) is 0 Å². The normalized spacial score (nSPS) is 11.4. The molecule has 1 N–H and O–H groups in total. The van der Waals surface area contributed by atoms with Gasteiger partial charge in [0.2, 0.25) is 0 Å². The zero-order valence-electron chi connectivity index (χ0n) is 9.00. The highest BCUT2D eigenvalue weighted by Crippen LogP contribution is 2.25. The largest absolute Gasteiger partial charge is 0.280 e. The van der Waals surface area contributed by atoms with Crippen molar-refractivity contribution >= 4 is 33.5 Å². The van der Waals surface area contributed by atoms with Crippen LogP contribution in [0.15, 0.2) is 18.2 Å². The van der Waals surface area contributed by atoms with Gasteiger partial charge in [0.05, 0.1) is 5.52 Å². The second-order valence-electron chi connectivity index (χ2n) is 4.00. The molecule has 3 rings (SSSR count). The first-order valence-electron chi connectivity index (χ1n) is 5.07. The fraction of sp³-hybridized carbons (Fsp3) is 0.167. The van der Waals surface area contributed by atoms with Crippen LogP contribution in [0.5, 0.6) is 0 Å². The minimum absolute atomic E-state index is 0.743. The lowest BCUT2D eigenvalue weighted by atomic mass is 10.1. The molecule has 0 amide bonds. The molecule has 0 spiro atoms. The second kappa shape index (κ2) is 3.19. The van der Waals surface area contributed by atoms with E-state index in [1.807, 2.05) is 26.0 Å². The number of aromatic amines is 1. The first kappa shape index (κ1) is 9.60. The highest BCUT2D eigenvalue weighted by atomic mass is 35.5. The Kier molecular flexibility index (Phi) is 1.91. The molecule has 80 valence electrons. The summed E-state index contributed by atoms with van der Waals surface area (Å²) in [6.45, 7) is 3.99. The lowest BCUT2D eigenvalue weighted by molar-refractivity contribution is 1.06. The average molecular weight is 232 g/mol. The van der Waals surface area contributed by atoms with Crippen LogP contribution in [0.4, 0.5) is 0 Å². The molecule has 0 aliphatic rings. The lowest BCUT2D eigenvalue weighted by Gasteiger charge is -2.02. The fourth-order valence-electron chi connectivity index (χ4n) is 1.97. The number of hydrogen-bond donors (Lipinski definition) is 1. The van der Waals surface area contributed by atoms with Crippen LogP contribution in [0, 0.1) is 13.8 Å². The minimum atomic E-state index is 0.743. The van der Waals surface area contributed by atoms with Crippen molar-refractivity contribution in [2.75, 3.05) is 0 Å². The van der Waals surface area contributed by atoms with Crippen molar-refractivity contribution in [3.8, 4) is 0 Å². The third-order valence-corrected chi connectivity index (χ3v) is 3.00. The van der Waals surface area contributed by atoms with Crippen LogP contribution in [0.1, 0.15) is 11.3 Å². The summed E-state index contributed by atoms with van der Waals surface area (Å²) in [5, 5.41) is 9.95. The van der Waals surface area contributed by atoms with E-state index in [2.05, 4.69) is 21.2 Å². The zero-order chi connectivity index (χ0) is 11.3. The molecule has 0 saturated carbocycles. The number of rotatable bonds is 0. The molecule has 0 radical (unpaired) electrons. The molecule has 4 heteroatoms. The molecular weight excluding hydrogens is 222 g/mol. The first-order chi connectivity index (χ1) is 7.65. The van der Waals surface area contributed by atoms with E-state index in [4.69, 9.17) is 11.6 Å². The number of nitrogens with one attached hydrogen (secondary N) is 1. The summed E-state index contributed by atoms with van der Waals surface area (Å²) in [6, 6.07) is 5.93. The van der Waals surface area contributed by atoms with Crippen LogP contribution >= 0.6 is 11.6 Å². The molecule has 3 nitrogen and oxygen atoms in total. The third kappa shape index (κ3) is 1.28. The molecule has 16 heavy (non-hydrogen) atoms. The number of benzene rings is 1. The predicted octanol–water partition coefficient (Wildman–Crippen LogP) is 3.38. The van der Waals surface area contributed by atoms with Gasteiger partial charge in [0.15, 0.2) is 5.65 Å². The van der Waals surface area contributed by atoms with Gasteiger partial charge in [-0.05, 0) is 37.6 Å². The Morgan fingerprint density at radius 2 is 2.00 bits per heavy atom. The summed E-state index contributed by atoms with van der Waals surface area (Å²) < 4.78 is 0. The van der Waals surface area contributed by atoms with E-state index in [0.717, 1.165) is 38.2 Å². The van der Waals surface area contributed by atoms with Crippen molar-refractivity contribution in [3.63, 3.8) is 0 Å². The highest BCUT2D eigenvalue weighted by Gasteiger charge is 2.07. The molecule has 0 saturated heterocycles. The molecule has 0 unspecified atom stereocenters. The summed E-state index contributed by atoms with van der Waals surface area (Å²) in [7, 11) is 0. The van der Waals surface area contributed by atoms with Crippen molar-refractivity contribution < 1.29 is 0 Å². The van der Waals surface area contributed by atoms with E-state index >= 15 is 0 Å². The van der Waals surface area contributed by atoms with E-state index in [1.165, 1.54) is 0 Å². The predicted molar refractivity (Wildman–Crippen MR) is 65.9 cm³/mol. The standard InChI is InChI=1S/C12H10ClN3/c1-6-3-9(13)4-8-5-10-7(2)15-16-12(10)14-11(6)8/h3-5H,1-2H3,(H,14,15,16). The van der Waals surface area contributed by atoms with E-state index in [1.54, 1.807) is 0 Å². The maximum atomic E-state index is 6.04. The van der Waals surface area contributed by atoms with Gasteiger partial charge in [-0.15, -0.1) is 0 Å². The number of nitrogens with zero attached hydrogens (tertiary/aromatic N) is 2. The van der Waals surface area contributed by atoms with Gasteiger partial charge in [0.25, 0.3) is 0 Å². The van der Waals surface area contributed by atoms with E-state index in [-0.39, 0.29) is 0 Å². The molecule has 0 bridgehead atoms. The Morgan fingerprint density at radius 3 is 2.81 bits per heavy atom. The molecule has 1 aromatic carbocycles. The summed E-state index contributed by atoms with van der Waals surface area (Å²) in [6.07, 6.45) is 0. The van der Waals surface area contributed by atoms with Crippen LogP contribution in [-0.4, -0.2) is 15.2 Å². The van der Waals surface area contributed by atoms with Crippen molar-refractivity contribution in [2.45, 2.75) is 13.8 Å². The molecule has 3 aromatic rings. The number of aryl methyl sites for hydroxylation is 2. The van der Waals surface area contributed by atoms with Crippen LogP contribution in [0.3, 0.4) is 0 Å². The van der Waals surface area contributed by atoms with Gasteiger partial charge in [-0.2, -0.15) is 5.10 Å². The maximum Gasteiger partial charge on any atom is 0.181 e. The number of fused-ring (bicyclic) bond motifs is 2. The van der Waals surface area contributed by atoms with E-state index in [9.17, 15) is 0 Å². The summed E-state index contributed by atoms with van der Waals surface area (Å²) in [4.78, 5) is 4.54. The molecule has 0 aliphatic heterocycles. The van der Waals surface area contributed by atoms with Crippen LogP contribution < -0.4 is 0 Å². The Labute approximate surface area is 97.4 Å². The lowest BCUT2D eigenvalue weighted by Crippen LogP contribution is -1.85. The summed E-state index contributed by atoms with van der Waals surface area (Å²) in [5.41, 5.74) is 3.82. The summed E-state index contributed by atoms with van der Waals surface area (Å²) >= 11 is 6.04. The first-order valence-corrected chi connectivity index (χ1v) is 5.44. The summed E-state index contributed by atoms with van der Waals surface area (Å²) in [5.74, 6) is 0. The molecule has 0 fully saturated rings.